The Morgan fingerprint density at radius 1 is 1.46 bits per heavy atom. The van der Waals surface area contributed by atoms with Crippen LogP contribution in [0, 0.1) is 0 Å². The Morgan fingerprint density at radius 2 is 2.29 bits per heavy atom. The quantitative estimate of drug-likeness (QED) is 0.921. The number of piperidine rings is 1. The number of halogens is 1. The number of benzene rings is 1. The Labute approximate surface area is 146 Å². The second-order valence-corrected chi connectivity index (χ2v) is 6.51. The van der Waals surface area contributed by atoms with E-state index in [0.717, 1.165) is 30.6 Å². The fourth-order valence-electron chi connectivity index (χ4n) is 3.03. The minimum absolute atomic E-state index is 0.162. The van der Waals surface area contributed by atoms with Crippen LogP contribution >= 0.6 is 11.6 Å². The molecule has 128 valence electrons. The highest BCUT2D eigenvalue weighted by Crippen LogP contribution is 2.20. The van der Waals surface area contributed by atoms with Crippen molar-refractivity contribution in [3.8, 4) is 5.69 Å². The van der Waals surface area contributed by atoms with Crippen molar-refractivity contribution in [2.24, 2.45) is 0 Å². The van der Waals surface area contributed by atoms with E-state index in [1.54, 1.807) is 21.7 Å². The van der Waals surface area contributed by atoms with Crippen LogP contribution in [-0.2, 0) is 6.42 Å². The number of aromatic nitrogens is 3. The van der Waals surface area contributed by atoms with Gasteiger partial charge in [0.2, 0.25) is 0 Å². The zero-order valence-corrected chi connectivity index (χ0v) is 14.4. The number of amides is 1. The summed E-state index contributed by atoms with van der Waals surface area (Å²) in [6.07, 6.45) is 2.65. The number of rotatable bonds is 4. The lowest BCUT2D eigenvalue weighted by atomic mass is 10.1. The molecular weight excluding hydrogens is 328 g/mol. The van der Waals surface area contributed by atoms with Crippen LogP contribution in [0.2, 0.25) is 5.02 Å². The third-order valence-electron chi connectivity index (χ3n) is 4.19. The smallest absolute Gasteiger partial charge is 0.276 e. The molecule has 1 atom stereocenters. The summed E-state index contributed by atoms with van der Waals surface area (Å²) in [4.78, 5) is 14.5. The summed E-state index contributed by atoms with van der Waals surface area (Å²) in [5.74, 6) is -0.162. The maximum Gasteiger partial charge on any atom is 0.276 e. The lowest BCUT2D eigenvalue weighted by Gasteiger charge is -2.29. The molecule has 2 aromatic rings. The van der Waals surface area contributed by atoms with E-state index in [1.807, 2.05) is 19.1 Å². The standard InChI is InChI=1S/C17H21ClN4O2/c1-2-5-15-16(17(24)21-9-4-8-14(23)11-21)19-20-22(15)13-7-3-6-12(18)10-13/h3,6-7,10,14,23H,2,4-5,8-9,11H2,1H3. The summed E-state index contributed by atoms with van der Waals surface area (Å²) in [5.41, 5.74) is 1.94. The van der Waals surface area contributed by atoms with E-state index in [2.05, 4.69) is 10.3 Å². The van der Waals surface area contributed by atoms with Gasteiger partial charge in [-0.05, 0) is 37.5 Å². The topological polar surface area (TPSA) is 71.2 Å². The molecule has 1 aromatic heterocycles. The first-order chi connectivity index (χ1) is 11.6. The van der Waals surface area contributed by atoms with Crippen LogP contribution in [0.1, 0.15) is 42.4 Å². The number of aliphatic hydroxyl groups is 1. The van der Waals surface area contributed by atoms with Crippen molar-refractivity contribution < 1.29 is 9.90 Å². The van der Waals surface area contributed by atoms with E-state index in [9.17, 15) is 9.90 Å². The molecule has 0 spiro atoms. The fraction of sp³-hybridized carbons (Fsp3) is 0.471. The Hall–Kier alpha value is -1.92. The molecule has 1 unspecified atom stereocenters. The van der Waals surface area contributed by atoms with Crippen molar-refractivity contribution >= 4 is 17.5 Å². The molecule has 24 heavy (non-hydrogen) atoms. The lowest BCUT2D eigenvalue weighted by Crippen LogP contribution is -2.42. The number of carbonyl (C=O) groups is 1. The molecule has 0 radical (unpaired) electrons. The van der Waals surface area contributed by atoms with Gasteiger partial charge in [0.15, 0.2) is 5.69 Å². The van der Waals surface area contributed by atoms with Crippen LogP contribution in [0.25, 0.3) is 5.69 Å². The molecule has 1 aromatic carbocycles. The van der Waals surface area contributed by atoms with E-state index in [0.29, 0.717) is 30.2 Å². The van der Waals surface area contributed by atoms with Crippen molar-refractivity contribution in [1.82, 2.24) is 19.9 Å². The van der Waals surface area contributed by atoms with Crippen LogP contribution in [0.5, 0.6) is 0 Å². The third kappa shape index (κ3) is 3.44. The second kappa shape index (κ2) is 7.32. The van der Waals surface area contributed by atoms with Gasteiger partial charge in [0.25, 0.3) is 5.91 Å². The van der Waals surface area contributed by atoms with Crippen LogP contribution in [0.3, 0.4) is 0 Å². The number of nitrogens with zero attached hydrogens (tertiary/aromatic N) is 4. The fourth-order valence-corrected chi connectivity index (χ4v) is 3.22. The average Bonchev–Trinajstić information content (AvgIpc) is 2.98. The highest BCUT2D eigenvalue weighted by Gasteiger charge is 2.28. The number of hydrogen-bond donors (Lipinski definition) is 1. The van der Waals surface area contributed by atoms with E-state index in [-0.39, 0.29) is 5.91 Å². The highest BCUT2D eigenvalue weighted by atomic mass is 35.5. The van der Waals surface area contributed by atoms with Crippen LogP contribution in [-0.4, -0.2) is 50.1 Å². The normalized spacial score (nSPS) is 18.0. The average molecular weight is 349 g/mol. The Bertz CT molecular complexity index is 731. The highest BCUT2D eigenvalue weighted by molar-refractivity contribution is 6.30. The van der Waals surface area contributed by atoms with Gasteiger partial charge in [-0.15, -0.1) is 5.10 Å². The van der Waals surface area contributed by atoms with Crippen molar-refractivity contribution in [3.63, 3.8) is 0 Å². The molecule has 0 saturated carbocycles. The molecule has 0 aliphatic carbocycles. The van der Waals surface area contributed by atoms with Gasteiger partial charge in [-0.2, -0.15) is 0 Å². The second-order valence-electron chi connectivity index (χ2n) is 6.07. The number of carbonyl (C=O) groups excluding carboxylic acids is 1. The van der Waals surface area contributed by atoms with E-state index >= 15 is 0 Å². The summed E-state index contributed by atoms with van der Waals surface area (Å²) >= 11 is 6.07. The minimum atomic E-state index is -0.458. The molecule has 0 bridgehead atoms. The maximum atomic E-state index is 12.8. The van der Waals surface area contributed by atoms with Gasteiger partial charge < -0.3 is 10.0 Å². The molecule has 1 aliphatic rings. The molecule has 1 fully saturated rings. The van der Waals surface area contributed by atoms with Crippen LogP contribution in [0.15, 0.2) is 24.3 Å². The molecule has 3 rings (SSSR count). The maximum absolute atomic E-state index is 12.8. The van der Waals surface area contributed by atoms with Crippen molar-refractivity contribution in [2.45, 2.75) is 38.7 Å². The van der Waals surface area contributed by atoms with E-state index in [1.165, 1.54) is 0 Å². The molecular formula is C17H21ClN4O2. The number of β-amino-alcohol motifs (C(OH)–C–C–N with tert-alkyl or cyclic N) is 1. The summed E-state index contributed by atoms with van der Waals surface area (Å²) in [7, 11) is 0. The Kier molecular flexibility index (Phi) is 5.16. The summed E-state index contributed by atoms with van der Waals surface area (Å²) in [6, 6.07) is 7.33. The van der Waals surface area contributed by atoms with Gasteiger partial charge >= 0.3 is 0 Å². The predicted octanol–water partition coefficient (Wildman–Crippen LogP) is 2.47. The summed E-state index contributed by atoms with van der Waals surface area (Å²) in [6.45, 7) is 3.05. The lowest BCUT2D eigenvalue weighted by molar-refractivity contribution is 0.0468. The number of aliphatic hydroxyl groups excluding tert-OH is 1. The van der Waals surface area contributed by atoms with Gasteiger partial charge in [0, 0.05) is 18.1 Å². The SMILES string of the molecule is CCCc1c(C(=O)N2CCCC(O)C2)nnn1-c1cccc(Cl)c1. The van der Waals surface area contributed by atoms with Crippen LogP contribution < -0.4 is 0 Å². The first kappa shape index (κ1) is 16.9. The van der Waals surface area contributed by atoms with Crippen molar-refractivity contribution in [2.75, 3.05) is 13.1 Å². The zero-order chi connectivity index (χ0) is 17.1. The zero-order valence-electron chi connectivity index (χ0n) is 13.7. The van der Waals surface area contributed by atoms with Gasteiger partial charge in [-0.25, -0.2) is 4.68 Å². The Morgan fingerprint density at radius 3 is 3.00 bits per heavy atom. The molecule has 1 aliphatic heterocycles. The first-order valence-electron chi connectivity index (χ1n) is 8.28. The molecule has 6 nitrogen and oxygen atoms in total. The van der Waals surface area contributed by atoms with E-state index in [4.69, 9.17) is 11.6 Å². The van der Waals surface area contributed by atoms with Gasteiger partial charge in [-0.3, -0.25) is 4.79 Å². The van der Waals surface area contributed by atoms with E-state index < -0.39 is 6.10 Å². The molecule has 2 heterocycles. The third-order valence-corrected chi connectivity index (χ3v) is 4.42. The summed E-state index contributed by atoms with van der Waals surface area (Å²) < 4.78 is 1.68. The molecule has 1 saturated heterocycles. The summed E-state index contributed by atoms with van der Waals surface area (Å²) in [5, 5.41) is 18.7. The Balaban J connectivity index is 1.95. The van der Waals surface area contributed by atoms with Gasteiger partial charge in [0.05, 0.1) is 17.5 Å². The largest absolute Gasteiger partial charge is 0.391 e. The van der Waals surface area contributed by atoms with Gasteiger partial charge in [-0.1, -0.05) is 36.2 Å². The first-order valence-corrected chi connectivity index (χ1v) is 8.65. The predicted molar refractivity (Wildman–Crippen MR) is 91.5 cm³/mol. The minimum Gasteiger partial charge on any atom is -0.391 e. The molecule has 1 N–H and O–H groups in total. The van der Waals surface area contributed by atoms with Crippen molar-refractivity contribution in [3.05, 3.63) is 40.7 Å². The number of hydrogen-bond acceptors (Lipinski definition) is 4. The van der Waals surface area contributed by atoms with Crippen LogP contribution in [0.4, 0.5) is 0 Å². The van der Waals surface area contributed by atoms with Crippen molar-refractivity contribution in [1.29, 1.82) is 0 Å². The van der Waals surface area contributed by atoms with Gasteiger partial charge in [0.1, 0.15) is 0 Å². The monoisotopic (exact) mass is 348 g/mol. The number of likely N-dealkylation sites (tertiary alicyclic amines) is 1. The molecule has 1 amide bonds. The molecule has 7 heteroatoms.